The Labute approximate surface area is 124 Å². The van der Waals surface area contributed by atoms with Gasteiger partial charge in [-0.05, 0) is 25.1 Å². The Morgan fingerprint density at radius 3 is 2.75 bits per heavy atom. The second-order valence-electron chi connectivity index (χ2n) is 3.79. The third-order valence-corrected chi connectivity index (χ3v) is 2.87. The van der Waals surface area contributed by atoms with Crippen LogP contribution in [0.15, 0.2) is 40.9 Å². The number of nitrogens with zero attached hydrogens (tertiary/aromatic N) is 1. The molecule has 1 N–H and O–H groups in total. The number of carboxylic acids is 1. The number of carbonyl (C=O) groups is 1. The van der Waals surface area contributed by atoms with Crippen LogP contribution in [-0.4, -0.2) is 22.7 Å². The highest BCUT2D eigenvalue weighted by Crippen LogP contribution is 2.28. The lowest BCUT2D eigenvalue weighted by Crippen LogP contribution is -2.01. The van der Waals surface area contributed by atoms with E-state index in [1.54, 1.807) is 30.3 Å². The van der Waals surface area contributed by atoms with E-state index < -0.39 is 5.97 Å². The molecule has 0 atom stereocenters. The van der Waals surface area contributed by atoms with Crippen molar-refractivity contribution < 1.29 is 19.4 Å². The van der Waals surface area contributed by atoms with Gasteiger partial charge in [0.2, 0.25) is 11.8 Å². The molecule has 0 saturated carbocycles. The number of aromatic carboxylic acids is 1. The number of ether oxygens (including phenoxy) is 2. The SMILES string of the molecule is CCOc1cccc(Oc2ccc(Br)cc2C(=O)O)n1. The summed E-state index contributed by atoms with van der Waals surface area (Å²) < 4.78 is 11.5. The number of halogens is 1. The Morgan fingerprint density at radius 2 is 2.05 bits per heavy atom. The number of rotatable bonds is 5. The lowest BCUT2D eigenvalue weighted by molar-refractivity contribution is 0.0694. The molecule has 0 aliphatic carbocycles. The van der Waals surface area contributed by atoms with Gasteiger partial charge in [-0.3, -0.25) is 0 Å². The summed E-state index contributed by atoms with van der Waals surface area (Å²) >= 11 is 3.23. The Morgan fingerprint density at radius 1 is 1.30 bits per heavy atom. The first-order chi connectivity index (χ1) is 9.60. The van der Waals surface area contributed by atoms with Crippen molar-refractivity contribution in [2.24, 2.45) is 0 Å². The van der Waals surface area contributed by atoms with Crippen LogP contribution in [0, 0.1) is 0 Å². The molecule has 2 aromatic rings. The van der Waals surface area contributed by atoms with Crippen molar-refractivity contribution >= 4 is 21.9 Å². The van der Waals surface area contributed by atoms with Crippen molar-refractivity contribution in [2.75, 3.05) is 6.61 Å². The van der Waals surface area contributed by atoms with Crippen LogP contribution in [0.1, 0.15) is 17.3 Å². The number of pyridine rings is 1. The molecule has 104 valence electrons. The highest BCUT2D eigenvalue weighted by Gasteiger charge is 2.13. The molecule has 6 heteroatoms. The third kappa shape index (κ3) is 3.48. The highest BCUT2D eigenvalue weighted by molar-refractivity contribution is 9.10. The maximum atomic E-state index is 11.2. The van der Waals surface area contributed by atoms with E-state index in [2.05, 4.69) is 20.9 Å². The molecule has 0 saturated heterocycles. The van der Waals surface area contributed by atoms with Crippen LogP contribution in [0.3, 0.4) is 0 Å². The molecule has 0 bridgehead atoms. The smallest absolute Gasteiger partial charge is 0.339 e. The molecule has 5 nitrogen and oxygen atoms in total. The van der Waals surface area contributed by atoms with Crippen LogP contribution in [0.2, 0.25) is 0 Å². The first kappa shape index (κ1) is 14.3. The summed E-state index contributed by atoms with van der Waals surface area (Å²) in [7, 11) is 0. The quantitative estimate of drug-likeness (QED) is 0.900. The van der Waals surface area contributed by atoms with Crippen LogP contribution in [-0.2, 0) is 0 Å². The molecule has 1 aromatic carbocycles. The minimum absolute atomic E-state index is 0.0583. The maximum absolute atomic E-state index is 11.2. The van der Waals surface area contributed by atoms with Crippen LogP contribution in [0.5, 0.6) is 17.5 Å². The monoisotopic (exact) mass is 337 g/mol. The maximum Gasteiger partial charge on any atom is 0.339 e. The van der Waals surface area contributed by atoms with Gasteiger partial charge in [-0.1, -0.05) is 22.0 Å². The molecule has 0 aliphatic rings. The summed E-state index contributed by atoms with van der Waals surface area (Å²) in [5.74, 6) is -0.135. The van der Waals surface area contributed by atoms with E-state index in [-0.39, 0.29) is 17.2 Å². The van der Waals surface area contributed by atoms with Gasteiger partial charge in [0.15, 0.2) is 0 Å². The van der Waals surface area contributed by atoms with Crippen LogP contribution < -0.4 is 9.47 Å². The van der Waals surface area contributed by atoms with E-state index in [0.717, 1.165) is 0 Å². The third-order valence-electron chi connectivity index (χ3n) is 2.38. The normalized spacial score (nSPS) is 10.1. The molecule has 0 amide bonds. The van der Waals surface area contributed by atoms with Gasteiger partial charge < -0.3 is 14.6 Å². The van der Waals surface area contributed by atoms with Crippen molar-refractivity contribution in [3.63, 3.8) is 0 Å². The zero-order chi connectivity index (χ0) is 14.5. The summed E-state index contributed by atoms with van der Waals surface area (Å²) in [4.78, 5) is 15.3. The van der Waals surface area contributed by atoms with Gasteiger partial charge in [-0.25, -0.2) is 4.79 Å². The molecule has 1 heterocycles. The van der Waals surface area contributed by atoms with Crippen molar-refractivity contribution in [3.05, 3.63) is 46.4 Å². The van der Waals surface area contributed by atoms with Crippen LogP contribution in [0.4, 0.5) is 0 Å². The molecular formula is C14H12BrNO4. The average molecular weight is 338 g/mol. The van der Waals surface area contributed by atoms with Gasteiger partial charge in [-0.2, -0.15) is 4.98 Å². The summed E-state index contributed by atoms with van der Waals surface area (Å²) in [6, 6.07) is 9.82. The number of benzene rings is 1. The van der Waals surface area contributed by atoms with Gasteiger partial charge in [0.1, 0.15) is 11.3 Å². The largest absolute Gasteiger partial charge is 0.478 e. The van der Waals surface area contributed by atoms with E-state index in [1.165, 1.54) is 6.07 Å². The van der Waals surface area contributed by atoms with Gasteiger partial charge in [-0.15, -0.1) is 0 Å². The summed E-state index contributed by atoms with van der Waals surface area (Å²) in [6.45, 7) is 2.35. The minimum Gasteiger partial charge on any atom is -0.478 e. The lowest BCUT2D eigenvalue weighted by atomic mass is 10.2. The van der Waals surface area contributed by atoms with E-state index >= 15 is 0 Å². The van der Waals surface area contributed by atoms with Gasteiger partial charge in [0.25, 0.3) is 0 Å². The van der Waals surface area contributed by atoms with E-state index in [4.69, 9.17) is 14.6 Å². The van der Waals surface area contributed by atoms with Crippen LogP contribution in [0.25, 0.3) is 0 Å². The number of aromatic nitrogens is 1. The molecule has 0 spiro atoms. The standard InChI is InChI=1S/C14H12BrNO4/c1-2-19-12-4-3-5-13(16-12)20-11-7-6-9(15)8-10(11)14(17)18/h3-8H,2H2,1H3,(H,17,18). The fraction of sp³-hybridized carbons (Fsp3) is 0.143. The van der Waals surface area contributed by atoms with Gasteiger partial charge in [0, 0.05) is 16.6 Å². The summed E-state index contributed by atoms with van der Waals surface area (Å²) in [6.07, 6.45) is 0. The molecule has 2 rings (SSSR count). The Bertz CT molecular complexity index is 630. The molecule has 0 radical (unpaired) electrons. The van der Waals surface area contributed by atoms with Crippen molar-refractivity contribution in [3.8, 4) is 17.5 Å². The fourth-order valence-electron chi connectivity index (χ4n) is 1.55. The van der Waals surface area contributed by atoms with E-state index in [9.17, 15) is 4.79 Å². The molecule has 0 aliphatic heterocycles. The predicted molar refractivity (Wildman–Crippen MR) is 76.6 cm³/mol. The fourth-order valence-corrected chi connectivity index (χ4v) is 1.91. The summed E-state index contributed by atoms with van der Waals surface area (Å²) in [5, 5.41) is 9.16. The molecule has 1 aromatic heterocycles. The minimum atomic E-state index is -1.07. The second kappa shape index (κ2) is 6.38. The highest BCUT2D eigenvalue weighted by atomic mass is 79.9. The Kier molecular flexibility index (Phi) is 4.57. The zero-order valence-corrected chi connectivity index (χ0v) is 12.3. The molecule has 0 fully saturated rings. The van der Waals surface area contributed by atoms with Crippen LogP contribution >= 0.6 is 15.9 Å². The van der Waals surface area contributed by atoms with Gasteiger partial charge in [0.05, 0.1) is 6.61 Å². The average Bonchev–Trinajstić information content (AvgIpc) is 2.41. The first-order valence-corrected chi connectivity index (χ1v) is 6.70. The Hall–Kier alpha value is -2.08. The lowest BCUT2D eigenvalue weighted by Gasteiger charge is -2.09. The van der Waals surface area contributed by atoms with Crippen molar-refractivity contribution in [1.29, 1.82) is 0 Å². The first-order valence-electron chi connectivity index (χ1n) is 5.90. The van der Waals surface area contributed by atoms with Gasteiger partial charge >= 0.3 is 5.97 Å². The zero-order valence-electron chi connectivity index (χ0n) is 10.7. The van der Waals surface area contributed by atoms with E-state index in [0.29, 0.717) is 17.0 Å². The molecule has 0 unspecified atom stereocenters. The number of carboxylic acid groups (broad SMARTS) is 1. The Balaban J connectivity index is 2.30. The topological polar surface area (TPSA) is 68.7 Å². The van der Waals surface area contributed by atoms with Crippen molar-refractivity contribution in [1.82, 2.24) is 4.98 Å². The van der Waals surface area contributed by atoms with Crippen molar-refractivity contribution in [2.45, 2.75) is 6.92 Å². The summed E-state index contributed by atoms with van der Waals surface area (Å²) in [5.41, 5.74) is 0.0583. The molecule has 20 heavy (non-hydrogen) atoms. The number of hydrogen-bond donors (Lipinski definition) is 1. The number of hydrogen-bond acceptors (Lipinski definition) is 4. The van der Waals surface area contributed by atoms with E-state index in [1.807, 2.05) is 6.92 Å². The molecular weight excluding hydrogens is 326 g/mol. The predicted octanol–water partition coefficient (Wildman–Crippen LogP) is 3.73. The second-order valence-corrected chi connectivity index (χ2v) is 4.71.